The number of nitrogens with zero attached hydrogens (tertiary/aromatic N) is 3. The third-order valence-electron chi connectivity index (χ3n) is 2.52. The molecule has 0 aliphatic heterocycles. The first kappa shape index (κ1) is 13.4. The summed E-state index contributed by atoms with van der Waals surface area (Å²) in [7, 11) is 5.08. The summed E-state index contributed by atoms with van der Waals surface area (Å²) in [6.45, 7) is 2.40. The first-order valence-electron chi connectivity index (χ1n) is 5.36. The van der Waals surface area contributed by atoms with Crippen molar-refractivity contribution in [3.8, 4) is 0 Å². The average Bonchev–Trinajstić information content (AvgIpc) is 2.37. The van der Waals surface area contributed by atoms with E-state index in [0.29, 0.717) is 18.1 Å². The van der Waals surface area contributed by atoms with Crippen LogP contribution in [0.2, 0.25) is 0 Å². The van der Waals surface area contributed by atoms with E-state index in [0.717, 1.165) is 0 Å². The van der Waals surface area contributed by atoms with Crippen molar-refractivity contribution in [2.24, 2.45) is 0 Å². The summed E-state index contributed by atoms with van der Waals surface area (Å²) < 4.78 is 5.01. The second-order valence-electron chi connectivity index (χ2n) is 3.76. The minimum Gasteiger partial charge on any atom is -0.383 e. The van der Waals surface area contributed by atoms with Gasteiger partial charge in [-0.25, -0.2) is 9.97 Å². The fourth-order valence-electron chi connectivity index (χ4n) is 1.30. The highest BCUT2D eigenvalue weighted by Crippen LogP contribution is 2.05. The topological polar surface area (TPSA) is 67.4 Å². The Hall–Kier alpha value is -1.69. The van der Waals surface area contributed by atoms with E-state index in [9.17, 15) is 4.79 Å². The molecule has 1 aromatic heterocycles. The Bertz CT molecular complexity index is 366. The number of anilines is 1. The van der Waals surface area contributed by atoms with Crippen molar-refractivity contribution in [2.45, 2.75) is 13.0 Å². The molecule has 0 radical (unpaired) electrons. The van der Waals surface area contributed by atoms with Crippen LogP contribution in [-0.2, 0) is 4.74 Å². The quantitative estimate of drug-likeness (QED) is 0.814. The largest absolute Gasteiger partial charge is 0.383 e. The Morgan fingerprint density at radius 3 is 2.71 bits per heavy atom. The van der Waals surface area contributed by atoms with E-state index in [1.807, 2.05) is 6.92 Å². The van der Waals surface area contributed by atoms with Gasteiger partial charge in [0.15, 0.2) is 0 Å². The van der Waals surface area contributed by atoms with Crippen molar-refractivity contribution in [3.05, 3.63) is 18.1 Å². The van der Waals surface area contributed by atoms with Crippen LogP contribution in [0.25, 0.3) is 0 Å². The molecule has 0 spiro atoms. The third-order valence-corrected chi connectivity index (χ3v) is 2.52. The Morgan fingerprint density at radius 1 is 1.53 bits per heavy atom. The molecule has 0 saturated carbocycles. The van der Waals surface area contributed by atoms with Gasteiger partial charge >= 0.3 is 0 Å². The van der Waals surface area contributed by atoms with Crippen molar-refractivity contribution >= 4 is 11.7 Å². The molecule has 1 N–H and O–H groups in total. The zero-order valence-electron chi connectivity index (χ0n) is 10.6. The molecule has 94 valence electrons. The summed E-state index contributed by atoms with van der Waals surface area (Å²) in [6, 6.07) is -0.00160. The smallest absolute Gasteiger partial charge is 0.274 e. The number of aromatic nitrogens is 2. The molecule has 6 heteroatoms. The average molecular weight is 238 g/mol. The van der Waals surface area contributed by atoms with Gasteiger partial charge in [-0.2, -0.15) is 0 Å². The number of rotatable bonds is 5. The zero-order valence-corrected chi connectivity index (χ0v) is 10.6. The molecule has 17 heavy (non-hydrogen) atoms. The van der Waals surface area contributed by atoms with Crippen LogP contribution in [0.4, 0.5) is 5.82 Å². The van der Waals surface area contributed by atoms with Gasteiger partial charge in [-0.05, 0) is 6.92 Å². The summed E-state index contributed by atoms with van der Waals surface area (Å²) in [5.74, 6) is 0.471. The van der Waals surface area contributed by atoms with Gasteiger partial charge in [0.25, 0.3) is 5.91 Å². The first-order chi connectivity index (χ1) is 8.10. The van der Waals surface area contributed by atoms with Gasteiger partial charge in [0.05, 0.1) is 25.0 Å². The second kappa shape index (κ2) is 6.15. The van der Waals surface area contributed by atoms with E-state index in [1.54, 1.807) is 26.1 Å². The molecule has 1 rings (SSSR count). The van der Waals surface area contributed by atoms with Crippen molar-refractivity contribution in [1.29, 1.82) is 0 Å². The van der Waals surface area contributed by atoms with Crippen molar-refractivity contribution < 1.29 is 9.53 Å². The van der Waals surface area contributed by atoms with Crippen LogP contribution in [0.1, 0.15) is 17.4 Å². The molecule has 1 amide bonds. The SMILES string of the molecule is CNc1cnc(C(=O)N(C)C(C)COC)cn1. The Kier molecular flexibility index (Phi) is 4.84. The van der Waals surface area contributed by atoms with Crippen molar-refractivity contribution in [3.63, 3.8) is 0 Å². The van der Waals surface area contributed by atoms with Crippen molar-refractivity contribution in [2.75, 3.05) is 33.1 Å². The molecule has 1 unspecified atom stereocenters. The summed E-state index contributed by atoms with van der Waals surface area (Å²) in [6.07, 6.45) is 2.99. The van der Waals surface area contributed by atoms with E-state index in [-0.39, 0.29) is 11.9 Å². The fraction of sp³-hybridized carbons (Fsp3) is 0.545. The van der Waals surface area contributed by atoms with E-state index in [1.165, 1.54) is 12.4 Å². The van der Waals surface area contributed by atoms with E-state index < -0.39 is 0 Å². The second-order valence-corrected chi connectivity index (χ2v) is 3.76. The van der Waals surface area contributed by atoms with Gasteiger partial charge in [0, 0.05) is 21.2 Å². The van der Waals surface area contributed by atoms with Gasteiger partial charge < -0.3 is 15.0 Å². The van der Waals surface area contributed by atoms with Crippen LogP contribution < -0.4 is 5.32 Å². The molecule has 1 heterocycles. The number of methoxy groups -OCH3 is 1. The number of nitrogens with one attached hydrogen (secondary N) is 1. The molecule has 1 aromatic rings. The number of likely N-dealkylation sites (N-methyl/N-ethyl adjacent to an activating group) is 1. The number of hydrogen-bond donors (Lipinski definition) is 1. The van der Waals surface area contributed by atoms with Gasteiger partial charge in [0.1, 0.15) is 11.5 Å². The van der Waals surface area contributed by atoms with Crippen LogP contribution in [0.5, 0.6) is 0 Å². The highest BCUT2D eigenvalue weighted by molar-refractivity contribution is 5.92. The van der Waals surface area contributed by atoms with Gasteiger partial charge in [-0.1, -0.05) is 0 Å². The molecule has 1 atom stereocenters. The maximum atomic E-state index is 12.0. The van der Waals surface area contributed by atoms with Crippen LogP contribution in [0.15, 0.2) is 12.4 Å². The van der Waals surface area contributed by atoms with E-state index in [2.05, 4.69) is 15.3 Å². The lowest BCUT2D eigenvalue weighted by Gasteiger charge is -2.23. The number of amides is 1. The van der Waals surface area contributed by atoms with Gasteiger partial charge in [0.2, 0.25) is 0 Å². The first-order valence-corrected chi connectivity index (χ1v) is 5.36. The molecular formula is C11H18N4O2. The Balaban J connectivity index is 2.74. The molecule has 0 aliphatic carbocycles. The highest BCUT2D eigenvalue weighted by Gasteiger charge is 2.18. The molecule has 0 aliphatic rings. The lowest BCUT2D eigenvalue weighted by Crippen LogP contribution is -2.38. The maximum absolute atomic E-state index is 12.0. The standard InChI is InChI=1S/C11H18N4O2/c1-8(7-17-4)15(3)11(16)9-5-14-10(12-2)6-13-9/h5-6,8H,7H2,1-4H3,(H,12,14). The summed E-state index contributed by atoms with van der Waals surface area (Å²) in [5, 5.41) is 2.85. The molecular weight excluding hydrogens is 220 g/mol. The van der Waals surface area contributed by atoms with Crippen LogP contribution in [0, 0.1) is 0 Å². The summed E-state index contributed by atoms with van der Waals surface area (Å²) in [5.41, 5.74) is 0.328. The predicted octanol–water partition coefficient (Wildman–Crippen LogP) is 0.625. The van der Waals surface area contributed by atoms with Crippen LogP contribution >= 0.6 is 0 Å². The lowest BCUT2D eigenvalue weighted by atomic mass is 10.3. The summed E-state index contributed by atoms with van der Waals surface area (Å²) >= 11 is 0. The number of hydrogen-bond acceptors (Lipinski definition) is 5. The van der Waals surface area contributed by atoms with Crippen LogP contribution in [0.3, 0.4) is 0 Å². The van der Waals surface area contributed by atoms with E-state index in [4.69, 9.17) is 4.74 Å². The lowest BCUT2D eigenvalue weighted by molar-refractivity contribution is 0.0627. The van der Waals surface area contributed by atoms with Gasteiger partial charge in [-0.3, -0.25) is 4.79 Å². The minimum atomic E-state index is -0.162. The predicted molar refractivity (Wildman–Crippen MR) is 65.0 cm³/mol. The minimum absolute atomic E-state index is 0.00160. The molecule has 0 fully saturated rings. The molecule has 6 nitrogen and oxygen atoms in total. The van der Waals surface area contributed by atoms with Crippen molar-refractivity contribution in [1.82, 2.24) is 14.9 Å². The molecule has 0 aromatic carbocycles. The fourth-order valence-corrected chi connectivity index (χ4v) is 1.30. The summed E-state index contributed by atoms with van der Waals surface area (Å²) in [4.78, 5) is 21.7. The number of carbonyl (C=O) groups excluding carboxylic acids is 1. The third kappa shape index (κ3) is 3.39. The highest BCUT2D eigenvalue weighted by atomic mass is 16.5. The Labute approximate surface area is 101 Å². The number of carbonyl (C=O) groups is 1. The number of ether oxygens (including phenoxy) is 1. The molecule has 0 saturated heterocycles. The monoisotopic (exact) mass is 238 g/mol. The van der Waals surface area contributed by atoms with Gasteiger partial charge in [-0.15, -0.1) is 0 Å². The Morgan fingerprint density at radius 2 is 2.24 bits per heavy atom. The normalized spacial score (nSPS) is 12.0. The van der Waals surface area contributed by atoms with E-state index >= 15 is 0 Å². The maximum Gasteiger partial charge on any atom is 0.274 e. The van der Waals surface area contributed by atoms with Crippen LogP contribution in [-0.4, -0.2) is 54.6 Å². The zero-order chi connectivity index (χ0) is 12.8. The molecule has 0 bridgehead atoms.